The zero-order chi connectivity index (χ0) is 15.3. The van der Waals surface area contributed by atoms with Crippen LogP contribution < -0.4 is 5.32 Å². The number of fused-ring (bicyclic) bond motifs is 2. The van der Waals surface area contributed by atoms with Crippen molar-refractivity contribution in [3.8, 4) is 6.07 Å². The number of nitrogens with one attached hydrogen (secondary N) is 1. The Labute approximate surface area is 128 Å². The molecule has 3 rings (SSSR count). The van der Waals surface area contributed by atoms with Crippen LogP contribution in [0, 0.1) is 33.5 Å². The molecule has 116 valence electrons. The highest BCUT2D eigenvalue weighted by atomic mass is 16.2. The van der Waals surface area contributed by atoms with Crippen LogP contribution in [-0.4, -0.2) is 11.9 Å². The number of carbonyl (C=O) groups excluding carboxylic acids is 1. The van der Waals surface area contributed by atoms with Crippen LogP contribution >= 0.6 is 0 Å². The van der Waals surface area contributed by atoms with E-state index < -0.39 is 5.41 Å². The Morgan fingerprint density at radius 2 is 1.81 bits per heavy atom. The van der Waals surface area contributed by atoms with Gasteiger partial charge in [-0.05, 0) is 48.9 Å². The van der Waals surface area contributed by atoms with Gasteiger partial charge in [0.05, 0.1) is 6.07 Å². The van der Waals surface area contributed by atoms with Crippen LogP contribution in [0.25, 0.3) is 0 Å². The van der Waals surface area contributed by atoms with E-state index in [4.69, 9.17) is 0 Å². The molecule has 3 unspecified atom stereocenters. The van der Waals surface area contributed by atoms with Crippen molar-refractivity contribution >= 4 is 5.91 Å². The molecule has 2 bridgehead atoms. The number of rotatable bonds is 2. The van der Waals surface area contributed by atoms with Crippen molar-refractivity contribution in [2.75, 3.05) is 0 Å². The number of amides is 1. The molecular formula is C18H28N2O. The smallest absolute Gasteiger partial charge is 0.240 e. The van der Waals surface area contributed by atoms with E-state index in [1.54, 1.807) is 0 Å². The summed E-state index contributed by atoms with van der Waals surface area (Å²) in [5.41, 5.74) is -0.365. The highest BCUT2D eigenvalue weighted by Gasteiger charge is 2.60. The highest BCUT2D eigenvalue weighted by Crippen LogP contribution is 2.62. The van der Waals surface area contributed by atoms with Crippen molar-refractivity contribution in [2.24, 2.45) is 22.2 Å². The normalized spacial score (nSPS) is 39.7. The summed E-state index contributed by atoms with van der Waals surface area (Å²) in [7, 11) is 0. The first-order valence-corrected chi connectivity index (χ1v) is 8.56. The Morgan fingerprint density at radius 3 is 2.33 bits per heavy atom. The van der Waals surface area contributed by atoms with Gasteiger partial charge in [-0.2, -0.15) is 5.26 Å². The lowest BCUT2D eigenvalue weighted by Gasteiger charge is -2.44. The average Bonchev–Trinajstić information content (AvgIpc) is 2.95. The van der Waals surface area contributed by atoms with Gasteiger partial charge in [0.2, 0.25) is 5.91 Å². The Morgan fingerprint density at radius 1 is 1.14 bits per heavy atom. The highest BCUT2D eigenvalue weighted by molar-refractivity contribution is 5.86. The molecular weight excluding hydrogens is 260 g/mol. The Hall–Kier alpha value is -1.04. The fourth-order valence-electron chi connectivity index (χ4n) is 5.48. The summed E-state index contributed by atoms with van der Waals surface area (Å²) >= 11 is 0. The minimum Gasteiger partial charge on any atom is -0.351 e. The van der Waals surface area contributed by atoms with Crippen molar-refractivity contribution in [3.05, 3.63) is 0 Å². The number of carbonyl (C=O) groups is 1. The number of nitrogens with zero attached hydrogens (tertiary/aromatic N) is 1. The van der Waals surface area contributed by atoms with Gasteiger partial charge in [-0.3, -0.25) is 4.79 Å². The van der Waals surface area contributed by atoms with Gasteiger partial charge in [-0.1, -0.05) is 40.0 Å². The second kappa shape index (κ2) is 4.73. The first-order valence-electron chi connectivity index (χ1n) is 8.56. The molecule has 0 aromatic heterocycles. The Kier molecular flexibility index (Phi) is 3.35. The molecule has 0 aromatic rings. The van der Waals surface area contributed by atoms with Crippen molar-refractivity contribution in [3.63, 3.8) is 0 Å². The number of nitriles is 1. The van der Waals surface area contributed by atoms with E-state index >= 15 is 0 Å². The molecule has 0 aromatic carbocycles. The zero-order valence-corrected chi connectivity index (χ0v) is 13.7. The second-order valence-electron chi connectivity index (χ2n) is 8.58. The molecule has 3 aliphatic rings. The summed E-state index contributed by atoms with van der Waals surface area (Å²) in [6, 6.07) is 2.59. The molecule has 0 radical (unpaired) electrons. The van der Waals surface area contributed by atoms with E-state index in [9.17, 15) is 10.1 Å². The third-order valence-electron chi connectivity index (χ3n) is 6.90. The fourth-order valence-corrected chi connectivity index (χ4v) is 5.48. The van der Waals surface area contributed by atoms with Gasteiger partial charge in [0, 0.05) is 6.04 Å². The van der Waals surface area contributed by atoms with E-state index in [0.29, 0.717) is 0 Å². The quantitative estimate of drug-likeness (QED) is 0.840. The summed E-state index contributed by atoms with van der Waals surface area (Å²) < 4.78 is 0. The molecule has 3 atom stereocenters. The van der Waals surface area contributed by atoms with Gasteiger partial charge in [0.15, 0.2) is 0 Å². The van der Waals surface area contributed by atoms with Crippen LogP contribution in [0.1, 0.15) is 72.1 Å². The lowest BCUT2D eigenvalue weighted by Crippen LogP contribution is -2.56. The largest absolute Gasteiger partial charge is 0.351 e. The van der Waals surface area contributed by atoms with Crippen LogP contribution in [0.2, 0.25) is 0 Å². The first-order chi connectivity index (χ1) is 9.84. The molecule has 0 aliphatic heterocycles. The maximum absolute atomic E-state index is 12.9. The third-order valence-corrected chi connectivity index (χ3v) is 6.90. The van der Waals surface area contributed by atoms with E-state index in [-0.39, 0.29) is 22.8 Å². The minimum absolute atomic E-state index is 0.0107. The van der Waals surface area contributed by atoms with Gasteiger partial charge in [0.25, 0.3) is 0 Å². The van der Waals surface area contributed by atoms with Crippen molar-refractivity contribution < 1.29 is 4.79 Å². The molecule has 3 heteroatoms. The molecule has 0 saturated heterocycles. The SMILES string of the molecule is CC12CCC(C1)C(C)(C)C2NC(=O)C1(C#N)CCCCC1. The molecule has 0 heterocycles. The van der Waals surface area contributed by atoms with Gasteiger partial charge >= 0.3 is 0 Å². The third kappa shape index (κ3) is 2.10. The lowest BCUT2D eigenvalue weighted by molar-refractivity contribution is -0.132. The molecule has 3 fully saturated rings. The maximum Gasteiger partial charge on any atom is 0.240 e. The van der Waals surface area contributed by atoms with Crippen molar-refractivity contribution in [1.82, 2.24) is 5.32 Å². The molecule has 1 amide bonds. The van der Waals surface area contributed by atoms with Crippen LogP contribution in [0.5, 0.6) is 0 Å². The number of hydrogen-bond donors (Lipinski definition) is 1. The molecule has 3 nitrogen and oxygen atoms in total. The summed E-state index contributed by atoms with van der Waals surface area (Å²) in [6.07, 6.45) is 8.38. The molecule has 0 spiro atoms. The van der Waals surface area contributed by atoms with Crippen LogP contribution in [0.4, 0.5) is 0 Å². The average molecular weight is 288 g/mol. The summed E-state index contributed by atoms with van der Waals surface area (Å²) in [6.45, 7) is 6.92. The van der Waals surface area contributed by atoms with Crippen molar-refractivity contribution in [2.45, 2.75) is 78.2 Å². The Bertz CT molecular complexity index is 479. The van der Waals surface area contributed by atoms with Gasteiger partial charge < -0.3 is 5.32 Å². The van der Waals surface area contributed by atoms with Gasteiger partial charge in [-0.25, -0.2) is 0 Å². The molecule has 3 aliphatic carbocycles. The summed E-state index contributed by atoms with van der Waals surface area (Å²) in [5.74, 6) is 0.730. The predicted molar refractivity (Wildman–Crippen MR) is 82.3 cm³/mol. The van der Waals surface area contributed by atoms with Crippen LogP contribution in [0.15, 0.2) is 0 Å². The lowest BCUT2D eigenvalue weighted by atomic mass is 9.67. The van der Waals surface area contributed by atoms with E-state index in [1.807, 2.05) is 0 Å². The van der Waals surface area contributed by atoms with Crippen molar-refractivity contribution in [1.29, 1.82) is 5.26 Å². The summed E-state index contributed by atoms with van der Waals surface area (Å²) in [4.78, 5) is 12.9. The second-order valence-corrected chi connectivity index (χ2v) is 8.58. The van der Waals surface area contributed by atoms with Gasteiger partial charge in [0.1, 0.15) is 5.41 Å². The van der Waals surface area contributed by atoms with Crippen LogP contribution in [-0.2, 0) is 4.79 Å². The van der Waals surface area contributed by atoms with E-state index in [2.05, 4.69) is 32.2 Å². The van der Waals surface area contributed by atoms with Gasteiger partial charge in [-0.15, -0.1) is 0 Å². The first kappa shape index (κ1) is 14.9. The number of hydrogen-bond acceptors (Lipinski definition) is 2. The minimum atomic E-state index is -0.757. The molecule has 3 saturated carbocycles. The Balaban J connectivity index is 1.80. The molecule has 1 N–H and O–H groups in total. The van der Waals surface area contributed by atoms with Crippen LogP contribution in [0.3, 0.4) is 0 Å². The van der Waals surface area contributed by atoms with E-state index in [0.717, 1.165) is 38.0 Å². The molecule has 21 heavy (non-hydrogen) atoms. The predicted octanol–water partition coefficient (Wildman–Crippen LogP) is 3.79. The monoisotopic (exact) mass is 288 g/mol. The zero-order valence-electron chi connectivity index (χ0n) is 13.7. The maximum atomic E-state index is 12.9. The fraction of sp³-hybridized carbons (Fsp3) is 0.889. The van der Waals surface area contributed by atoms with E-state index in [1.165, 1.54) is 19.3 Å². The summed E-state index contributed by atoms with van der Waals surface area (Å²) in [5, 5.41) is 12.9. The standard InChI is InChI=1S/C18H28N2O/c1-16(2)13-7-10-17(3,11-13)14(16)20-15(21)18(12-19)8-5-4-6-9-18/h13-14H,4-11H2,1-3H3,(H,20,21). The topological polar surface area (TPSA) is 52.9 Å².